The van der Waals surface area contributed by atoms with Gasteiger partial charge in [0.2, 0.25) is 0 Å². The van der Waals surface area contributed by atoms with Crippen LogP contribution in [0.5, 0.6) is 0 Å². The molecule has 1 aliphatic heterocycles. The number of pyridine rings is 1. The average molecular weight is 322 g/mol. The van der Waals surface area contributed by atoms with Gasteiger partial charge in [0, 0.05) is 19.8 Å². The van der Waals surface area contributed by atoms with E-state index in [2.05, 4.69) is 4.98 Å². The number of aromatic nitrogens is 1. The molecule has 2 rings (SSSR count). The Kier molecular flexibility index (Phi) is 8.73. The maximum absolute atomic E-state index is 12.1. The van der Waals surface area contributed by atoms with Crippen LogP contribution in [-0.4, -0.2) is 41.6 Å². The van der Waals surface area contributed by atoms with Crippen molar-refractivity contribution in [3.8, 4) is 0 Å². The van der Waals surface area contributed by atoms with Crippen LogP contribution in [-0.2, 0) is 16.1 Å². The Labute approximate surface area is 131 Å². The lowest BCUT2D eigenvalue weighted by Gasteiger charge is -2.20. The molecule has 2 heterocycles. The van der Waals surface area contributed by atoms with Crippen molar-refractivity contribution in [3.05, 3.63) is 30.1 Å². The molecule has 1 amide bonds. The van der Waals surface area contributed by atoms with E-state index in [4.69, 9.17) is 10.5 Å². The van der Waals surface area contributed by atoms with Crippen LogP contribution < -0.4 is 5.73 Å². The van der Waals surface area contributed by atoms with E-state index < -0.39 is 0 Å². The van der Waals surface area contributed by atoms with Gasteiger partial charge in [-0.3, -0.25) is 9.78 Å². The molecule has 0 bridgehead atoms. The Morgan fingerprint density at radius 1 is 1.45 bits per heavy atom. The second kappa shape index (κ2) is 9.13. The number of halogens is 2. The van der Waals surface area contributed by atoms with Crippen LogP contribution in [0.3, 0.4) is 0 Å². The molecular weight excluding hydrogens is 301 g/mol. The van der Waals surface area contributed by atoms with Gasteiger partial charge in [0.1, 0.15) is 6.10 Å². The fraction of sp³-hybridized carbons (Fsp3) is 0.538. The van der Waals surface area contributed by atoms with Crippen LogP contribution in [0.15, 0.2) is 24.4 Å². The molecule has 0 radical (unpaired) electrons. The van der Waals surface area contributed by atoms with Gasteiger partial charge >= 0.3 is 0 Å². The van der Waals surface area contributed by atoms with E-state index >= 15 is 0 Å². The number of rotatable bonds is 4. The molecule has 1 aliphatic rings. The van der Waals surface area contributed by atoms with Gasteiger partial charge in [0.25, 0.3) is 5.91 Å². The molecule has 7 heteroatoms. The van der Waals surface area contributed by atoms with Crippen LogP contribution in [0.1, 0.15) is 18.5 Å². The van der Waals surface area contributed by atoms with E-state index in [1.807, 2.05) is 18.2 Å². The zero-order valence-corrected chi connectivity index (χ0v) is 13.0. The number of nitrogens with two attached hydrogens (primary N) is 1. The van der Waals surface area contributed by atoms with Gasteiger partial charge in [-0.1, -0.05) is 6.07 Å². The summed E-state index contributed by atoms with van der Waals surface area (Å²) in [6, 6.07) is 5.68. The van der Waals surface area contributed by atoms with Crippen LogP contribution >= 0.6 is 24.8 Å². The molecule has 0 unspecified atom stereocenters. The molecule has 1 saturated heterocycles. The zero-order valence-electron chi connectivity index (χ0n) is 11.4. The Hall–Kier alpha value is -0.880. The molecule has 20 heavy (non-hydrogen) atoms. The minimum atomic E-state index is -0.340. The van der Waals surface area contributed by atoms with Gasteiger partial charge in [0.15, 0.2) is 0 Å². The van der Waals surface area contributed by atoms with E-state index in [0.29, 0.717) is 13.1 Å². The van der Waals surface area contributed by atoms with Crippen molar-refractivity contribution < 1.29 is 9.53 Å². The monoisotopic (exact) mass is 321 g/mol. The molecule has 2 atom stereocenters. The Bertz CT molecular complexity index is 406. The van der Waals surface area contributed by atoms with Crippen molar-refractivity contribution in [1.82, 2.24) is 9.88 Å². The van der Waals surface area contributed by atoms with E-state index in [0.717, 1.165) is 18.5 Å². The fourth-order valence-electron chi connectivity index (χ4n) is 2.12. The summed E-state index contributed by atoms with van der Waals surface area (Å²) in [7, 11) is 1.77. The largest absolute Gasteiger partial charge is 0.364 e. The summed E-state index contributed by atoms with van der Waals surface area (Å²) in [6.07, 6.45) is 3.04. The second-order valence-corrected chi connectivity index (χ2v) is 4.58. The quantitative estimate of drug-likeness (QED) is 0.909. The molecule has 1 fully saturated rings. The van der Waals surface area contributed by atoms with Gasteiger partial charge < -0.3 is 15.4 Å². The average Bonchev–Trinajstić information content (AvgIpc) is 2.87. The minimum Gasteiger partial charge on any atom is -0.364 e. The smallest absolute Gasteiger partial charge is 0.251 e. The summed E-state index contributed by atoms with van der Waals surface area (Å²) < 4.78 is 5.59. The van der Waals surface area contributed by atoms with E-state index in [1.165, 1.54) is 0 Å². The standard InChI is InChI=1S/C13H19N3O2.2ClH/c1-16(9-10-4-2-3-7-15-10)13(17)12-6-5-11(8-14)18-12;;/h2-4,7,11-12H,5-6,8-9,14H2,1H3;2*1H/t11-,12+;;/m1../s1. The SMILES string of the molecule is CN(Cc1ccccn1)C(=O)[C@@H]1CC[C@H](CN)O1.Cl.Cl. The van der Waals surface area contributed by atoms with Crippen molar-refractivity contribution in [2.75, 3.05) is 13.6 Å². The number of carbonyl (C=O) groups is 1. The van der Waals surface area contributed by atoms with E-state index in [1.54, 1.807) is 18.1 Å². The summed E-state index contributed by atoms with van der Waals surface area (Å²) in [4.78, 5) is 18.0. The fourth-order valence-corrected chi connectivity index (χ4v) is 2.12. The summed E-state index contributed by atoms with van der Waals surface area (Å²) >= 11 is 0. The van der Waals surface area contributed by atoms with Crippen molar-refractivity contribution in [2.45, 2.75) is 31.6 Å². The first-order valence-corrected chi connectivity index (χ1v) is 6.21. The first-order valence-electron chi connectivity index (χ1n) is 6.21. The molecule has 0 aromatic carbocycles. The summed E-state index contributed by atoms with van der Waals surface area (Å²) in [5.41, 5.74) is 6.41. The van der Waals surface area contributed by atoms with Crippen molar-refractivity contribution >= 4 is 30.7 Å². The lowest BCUT2D eigenvalue weighted by atomic mass is 10.2. The van der Waals surface area contributed by atoms with Gasteiger partial charge in [-0.05, 0) is 25.0 Å². The van der Waals surface area contributed by atoms with Gasteiger partial charge in [-0.25, -0.2) is 0 Å². The lowest BCUT2D eigenvalue weighted by Crippen LogP contribution is -2.36. The van der Waals surface area contributed by atoms with Gasteiger partial charge in [-0.15, -0.1) is 24.8 Å². The molecule has 114 valence electrons. The Balaban J connectivity index is 0.00000180. The zero-order chi connectivity index (χ0) is 13.0. The van der Waals surface area contributed by atoms with Crippen LogP contribution in [0.4, 0.5) is 0 Å². The number of hydrogen-bond acceptors (Lipinski definition) is 4. The van der Waals surface area contributed by atoms with Crippen molar-refractivity contribution in [3.63, 3.8) is 0 Å². The molecule has 2 N–H and O–H groups in total. The maximum atomic E-state index is 12.1. The second-order valence-electron chi connectivity index (χ2n) is 4.58. The predicted molar refractivity (Wildman–Crippen MR) is 82.2 cm³/mol. The van der Waals surface area contributed by atoms with Crippen LogP contribution in [0.25, 0.3) is 0 Å². The highest BCUT2D eigenvalue weighted by Gasteiger charge is 2.31. The third-order valence-corrected chi connectivity index (χ3v) is 3.15. The topological polar surface area (TPSA) is 68.5 Å². The maximum Gasteiger partial charge on any atom is 0.251 e. The first kappa shape index (κ1) is 19.1. The molecule has 0 spiro atoms. The highest BCUT2D eigenvalue weighted by atomic mass is 35.5. The lowest BCUT2D eigenvalue weighted by molar-refractivity contribution is -0.142. The minimum absolute atomic E-state index is 0. The van der Waals surface area contributed by atoms with Crippen molar-refractivity contribution in [2.24, 2.45) is 5.73 Å². The number of likely N-dealkylation sites (N-methyl/N-ethyl adjacent to an activating group) is 1. The van der Waals surface area contributed by atoms with Crippen LogP contribution in [0.2, 0.25) is 0 Å². The molecule has 0 saturated carbocycles. The Morgan fingerprint density at radius 3 is 2.75 bits per heavy atom. The van der Waals surface area contributed by atoms with Gasteiger partial charge in [-0.2, -0.15) is 0 Å². The van der Waals surface area contributed by atoms with Gasteiger partial charge in [0.05, 0.1) is 18.3 Å². The molecule has 5 nitrogen and oxygen atoms in total. The highest BCUT2D eigenvalue weighted by Crippen LogP contribution is 2.20. The molecule has 1 aromatic rings. The number of ether oxygens (including phenoxy) is 1. The normalized spacial score (nSPS) is 20.7. The van der Waals surface area contributed by atoms with Crippen molar-refractivity contribution in [1.29, 1.82) is 0 Å². The molecule has 1 aromatic heterocycles. The molecule has 0 aliphatic carbocycles. The summed E-state index contributed by atoms with van der Waals surface area (Å²) in [5.74, 6) is 0.0107. The molecular formula is C13H21Cl2N3O2. The Morgan fingerprint density at radius 2 is 2.20 bits per heavy atom. The van der Waals surface area contributed by atoms with E-state index in [-0.39, 0.29) is 42.9 Å². The highest BCUT2D eigenvalue weighted by molar-refractivity contribution is 5.85. The number of nitrogens with zero attached hydrogens (tertiary/aromatic N) is 2. The summed E-state index contributed by atoms with van der Waals surface area (Å²) in [6.45, 7) is 0.987. The number of carbonyl (C=O) groups excluding carboxylic acids is 1. The number of hydrogen-bond donors (Lipinski definition) is 1. The third-order valence-electron chi connectivity index (χ3n) is 3.15. The first-order chi connectivity index (χ1) is 8.70. The number of amides is 1. The third kappa shape index (κ3) is 4.90. The summed E-state index contributed by atoms with van der Waals surface area (Å²) in [5, 5.41) is 0. The van der Waals surface area contributed by atoms with E-state index in [9.17, 15) is 4.79 Å². The predicted octanol–water partition coefficient (Wildman–Crippen LogP) is 1.39. The van der Waals surface area contributed by atoms with Crippen LogP contribution in [0, 0.1) is 0 Å².